The van der Waals surface area contributed by atoms with Gasteiger partial charge in [-0.1, -0.05) is 17.3 Å². The summed E-state index contributed by atoms with van der Waals surface area (Å²) < 4.78 is 10.8. The van der Waals surface area contributed by atoms with Crippen molar-refractivity contribution < 1.29 is 9.26 Å². The maximum atomic E-state index is 5.56. The molecule has 4 nitrogen and oxygen atoms in total. The van der Waals surface area contributed by atoms with Crippen LogP contribution in [0.2, 0.25) is 0 Å². The number of aryl methyl sites for hydroxylation is 1. The summed E-state index contributed by atoms with van der Waals surface area (Å²) in [4.78, 5) is 2.55. The lowest BCUT2D eigenvalue weighted by atomic mass is 9.90. The smallest absolute Gasteiger partial charge is 0.140 e. The predicted molar refractivity (Wildman–Crippen MR) is 97.8 cm³/mol. The van der Waals surface area contributed by atoms with E-state index in [9.17, 15) is 0 Å². The molecule has 0 amide bonds. The number of rotatable bonds is 5. The van der Waals surface area contributed by atoms with Gasteiger partial charge in [-0.25, -0.2) is 0 Å². The molecule has 0 atom stereocenters. The molecule has 1 saturated heterocycles. The summed E-state index contributed by atoms with van der Waals surface area (Å²) in [6, 6.07) is 8.54. The molecular weight excluding hydrogens is 312 g/mol. The van der Waals surface area contributed by atoms with Gasteiger partial charge in [0.15, 0.2) is 0 Å². The average molecular weight is 340 g/mol. The number of fused-ring (bicyclic) bond motifs is 1. The monoisotopic (exact) mass is 340 g/mol. The highest BCUT2D eigenvalue weighted by atomic mass is 16.5. The summed E-state index contributed by atoms with van der Waals surface area (Å²) in [6.07, 6.45) is 8.48. The first-order valence-corrected chi connectivity index (χ1v) is 9.63. The predicted octanol–water partition coefficient (Wildman–Crippen LogP) is 4.02. The van der Waals surface area contributed by atoms with Crippen LogP contribution < -0.4 is 4.74 Å². The Morgan fingerprint density at radius 2 is 1.88 bits per heavy atom. The molecule has 0 radical (unpaired) electrons. The fourth-order valence-electron chi connectivity index (χ4n) is 4.23. The Bertz CT molecular complexity index is 684. The third-order valence-corrected chi connectivity index (χ3v) is 5.80. The second-order valence-electron chi connectivity index (χ2n) is 7.51. The van der Waals surface area contributed by atoms with Crippen LogP contribution in [-0.4, -0.2) is 30.3 Å². The van der Waals surface area contributed by atoms with E-state index < -0.39 is 0 Å². The number of methoxy groups -OCH3 is 1. The van der Waals surface area contributed by atoms with E-state index in [4.69, 9.17) is 9.26 Å². The standard InChI is InChI=1S/C21H28N2O2/c1-24-18-8-6-16(7-9-18)14-17-10-12-23(13-11-17)15-20-19-4-2-3-5-21(19)25-22-20/h6-9,17H,2-5,10-15H2,1H3. The lowest BCUT2D eigenvalue weighted by molar-refractivity contribution is 0.173. The third-order valence-electron chi connectivity index (χ3n) is 5.80. The molecule has 1 fully saturated rings. The molecule has 0 spiro atoms. The van der Waals surface area contributed by atoms with Crippen molar-refractivity contribution in [3.05, 3.63) is 46.8 Å². The molecule has 2 heterocycles. The molecule has 0 N–H and O–H groups in total. The van der Waals surface area contributed by atoms with Gasteiger partial charge in [-0.2, -0.15) is 0 Å². The highest BCUT2D eigenvalue weighted by Crippen LogP contribution is 2.27. The van der Waals surface area contributed by atoms with Crippen molar-refractivity contribution in [1.29, 1.82) is 0 Å². The molecule has 0 unspecified atom stereocenters. The first-order chi connectivity index (χ1) is 12.3. The fraction of sp³-hybridized carbons (Fsp3) is 0.571. The molecule has 2 aliphatic rings. The molecule has 4 heteroatoms. The molecule has 1 aromatic heterocycles. The van der Waals surface area contributed by atoms with Crippen LogP contribution in [0.1, 0.15) is 48.3 Å². The van der Waals surface area contributed by atoms with E-state index in [1.165, 1.54) is 62.0 Å². The highest BCUT2D eigenvalue weighted by Gasteiger charge is 2.24. The lowest BCUT2D eigenvalue weighted by Crippen LogP contribution is -2.34. The molecule has 2 aromatic rings. The summed E-state index contributed by atoms with van der Waals surface area (Å²) in [5.74, 6) is 2.88. The van der Waals surface area contributed by atoms with Crippen molar-refractivity contribution in [1.82, 2.24) is 10.1 Å². The molecule has 0 saturated carbocycles. The summed E-state index contributed by atoms with van der Waals surface area (Å²) >= 11 is 0. The van der Waals surface area contributed by atoms with Gasteiger partial charge in [0.25, 0.3) is 0 Å². The number of hydrogen-bond donors (Lipinski definition) is 0. The van der Waals surface area contributed by atoms with Gasteiger partial charge in [0, 0.05) is 18.5 Å². The number of nitrogens with zero attached hydrogens (tertiary/aromatic N) is 2. The Balaban J connectivity index is 1.28. The van der Waals surface area contributed by atoms with Gasteiger partial charge in [-0.15, -0.1) is 0 Å². The van der Waals surface area contributed by atoms with E-state index in [1.807, 2.05) is 0 Å². The third kappa shape index (κ3) is 3.90. The second-order valence-corrected chi connectivity index (χ2v) is 7.51. The van der Waals surface area contributed by atoms with Crippen LogP contribution in [0.5, 0.6) is 5.75 Å². The molecule has 1 aliphatic heterocycles. The molecule has 0 bridgehead atoms. The number of aromatic nitrogens is 1. The van der Waals surface area contributed by atoms with E-state index in [0.29, 0.717) is 0 Å². The zero-order chi connectivity index (χ0) is 17.1. The van der Waals surface area contributed by atoms with Crippen LogP contribution in [0.4, 0.5) is 0 Å². The highest BCUT2D eigenvalue weighted by molar-refractivity contribution is 5.27. The van der Waals surface area contributed by atoms with Crippen molar-refractivity contribution in [3.8, 4) is 5.75 Å². The lowest BCUT2D eigenvalue weighted by Gasteiger charge is -2.31. The Hall–Kier alpha value is -1.81. The minimum absolute atomic E-state index is 0.788. The number of ether oxygens (including phenoxy) is 1. The van der Waals surface area contributed by atoms with Crippen molar-refractivity contribution in [3.63, 3.8) is 0 Å². The summed E-state index contributed by atoms with van der Waals surface area (Å²) in [6.45, 7) is 3.30. The van der Waals surface area contributed by atoms with Crippen molar-refractivity contribution in [2.45, 2.75) is 51.5 Å². The summed E-state index contributed by atoms with van der Waals surface area (Å²) in [5, 5.41) is 4.37. The van der Waals surface area contributed by atoms with Gasteiger partial charge >= 0.3 is 0 Å². The molecule has 1 aromatic carbocycles. The quantitative estimate of drug-likeness (QED) is 0.824. The van der Waals surface area contributed by atoms with Crippen LogP contribution in [0.25, 0.3) is 0 Å². The van der Waals surface area contributed by atoms with Gasteiger partial charge in [-0.05, 0) is 75.2 Å². The number of hydrogen-bond acceptors (Lipinski definition) is 4. The van der Waals surface area contributed by atoms with Crippen LogP contribution >= 0.6 is 0 Å². The van der Waals surface area contributed by atoms with Crippen molar-refractivity contribution in [2.24, 2.45) is 5.92 Å². The average Bonchev–Trinajstić information content (AvgIpc) is 3.07. The van der Waals surface area contributed by atoms with Gasteiger partial charge in [0.2, 0.25) is 0 Å². The van der Waals surface area contributed by atoms with E-state index >= 15 is 0 Å². The Morgan fingerprint density at radius 3 is 2.64 bits per heavy atom. The van der Waals surface area contributed by atoms with Gasteiger partial charge in [0.05, 0.1) is 7.11 Å². The zero-order valence-electron chi connectivity index (χ0n) is 15.2. The van der Waals surface area contributed by atoms with Crippen LogP contribution in [0.3, 0.4) is 0 Å². The number of likely N-dealkylation sites (tertiary alicyclic amines) is 1. The van der Waals surface area contributed by atoms with E-state index in [0.717, 1.165) is 36.8 Å². The Morgan fingerprint density at radius 1 is 1.12 bits per heavy atom. The van der Waals surface area contributed by atoms with Crippen LogP contribution in [-0.2, 0) is 25.8 Å². The largest absolute Gasteiger partial charge is 0.497 e. The maximum absolute atomic E-state index is 5.56. The fourth-order valence-corrected chi connectivity index (χ4v) is 4.23. The summed E-state index contributed by atoms with van der Waals surface area (Å²) in [5.41, 5.74) is 4.03. The number of piperidine rings is 1. The van der Waals surface area contributed by atoms with E-state index in [1.54, 1.807) is 7.11 Å². The zero-order valence-corrected chi connectivity index (χ0v) is 15.2. The van der Waals surface area contributed by atoms with Crippen molar-refractivity contribution in [2.75, 3.05) is 20.2 Å². The van der Waals surface area contributed by atoms with Crippen LogP contribution in [0.15, 0.2) is 28.8 Å². The Kier molecular flexibility index (Phi) is 5.07. The van der Waals surface area contributed by atoms with Crippen molar-refractivity contribution >= 4 is 0 Å². The minimum Gasteiger partial charge on any atom is -0.497 e. The van der Waals surface area contributed by atoms with Gasteiger partial charge in [0.1, 0.15) is 17.2 Å². The molecule has 25 heavy (non-hydrogen) atoms. The van der Waals surface area contributed by atoms with Gasteiger partial charge in [-0.3, -0.25) is 4.90 Å². The van der Waals surface area contributed by atoms with Crippen LogP contribution in [0, 0.1) is 5.92 Å². The molecular formula is C21H28N2O2. The number of benzene rings is 1. The SMILES string of the molecule is COc1ccc(CC2CCN(Cc3noc4c3CCCC4)CC2)cc1. The first-order valence-electron chi connectivity index (χ1n) is 9.63. The first kappa shape index (κ1) is 16.6. The molecule has 1 aliphatic carbocycles. The van der Waals surface area contributed by atoms with E-state index in [-0.39, 0.29) is 0 Å². The molecule has 4 rings (SSSR count). The topological polar surface area (TPSA) is 38.5 Å². The van der Waals surface area contributed by atoms with Gasteiger partial charge < -0.3 is 9.26 Å². The Labute approximate surface area is 150 Å². The maximum Gasteiger partial charge on any atom is 0.140 e. The van der Waals surface area contributed by atoms with E-state index in [2.05, 4.69) is 34.3 Å². The normalized spacial score (nSPS) is 18.9. The summed E-state index contributed by atoms with van der Waals surface area (Å²) in [7, 11) is 1.72. The second kappa shape index (κ2) is 7.61. The minimum atomic E-state index is 0.788. The molecule has 134 valence electrons.